The number of nitrogens with zero attached hydrogens (tertiary/aromatic N) is 2. The lowest BCUT2D eigenvalue weighted by Crippen LogP contribution is -2.40. The van der Waals surface area contributed by atoms with E-state index in [9.17, 15) is 0 Å². The van der Waals surface area contributed by atoms with Gasteiger partial charge in [-0.05, 0) is 32.0 Å². The Balaban J connectivity index is 2.26. The molecule has 1 saturated heterocycles. The van der Waals surface area contributed by atoms with Crippen LogP contribution in [0, 0.1) is 11.3 Å². The molecule has 1 aliphatic heterocycles. The van der Waals surface area contributed by atoms with Gasteiger partial charge in [-0.3, -0.25) is 0 Å². The molecular formula is C15H21N3O. The van der Waals surface area contributed by atoms with E-state index < -0.39 is 0 Å². The molecule has 0 radical (unpaired) electrons. The van der Waals surface area contributed by atoms with Crippen LogP contribution in [-0.2, 0) is 0 Å². The van der Waals surface area contributed by atoms with Crippen molar-refractivity contribution in [2.45, 2.75) is 31.8 Å². The monoisotopic (exact) mass is 259 g/mol. The quantitative estimate of drug-likeness (QED) is 0.903. The van der Waals surface area contributed by atoms with Gasteiger partial charge in [-0.15, -0.1) is 0 Å². The molecule has 2 atom stereocenters. The van der Waals surface area contributed by atoms with Crippen LogP contribution in [0.1, 0.15) is 19.8 Å². The zero-order valence-electron chi connectivity index (χ0n) is 11.6. The van der Waals surface area contributed by atoms with E-state index in [0.29, 0.717) is 12.5 Å². The standard InChI is InChI=1S/C15H21N3O/c1-12-8-10-17-13(7-9-16)11-18(12)14-5-3-4-6-15(14)19-2/h3-6,12-13,17H,7-8,10-11H2,1-2H3. The molecule has 0 amide bonds. The highest BCUT2D eigenvalue weighted by atomic mass is 16.5. The normalized spacial score (nSPS) is 23.5. The first-order valence-electron chi connectivity index (χ1n) is 6.76. The summed E-state index contributed by atoms with van der Waals surface area (Å²) in [7, 11) is 1.70. The molecule has 4 nitrogen and oxygen atoms in total. The van der Waals surface area contributed by atoms with E-state index >= 15 is 0 Å². The van der Waals surface area contributed by atoms with Gasteiger partial charge in [0.1, 0.15) is 5.75 Å². The summed E-state index contributed by atoms with van der Waals surface area (Å²) in [5.41, 5.74) is 1.11. The van der Waals surface area contributed by atoms with E-state index in [4.69, 9.17) is 10.00 Å². The smallest absolute Gasteiger partial charge is 0.142 e. The van der Waals surface area contributed by atoms with E-state index in [1.54, 1.807) is 7.11 Å². The van der Waals surface area contributed by atoms with E-state index in [0.717, 1.165) is 30.9 Å². The predicted octanol–water partition coefficient (Wildman–Crippen LogP) is 2.17. The van der Waals surface area contributed by atoms with Gasteiger partial charge in [-0.1, -0.05) is 12.1 Å². The third-order valence-electron chi connectivity index (χ3n) is 3.68. The second kappa shape index (κ2) is 6.44. The number of ether oxygens (including phenoxy) is 1. The minimum atomic E-state index is 0.222. The van der Waals surface area contributed by atoms with Crippen LogP contribution < -0.4 is 15.0 Å². The van der Waals surface area contributed by atoms with E-state index in [-0.39, 0.29) is 6.04 Å². The topological polar surface area (TPSA) is 48.3 Å². The van der Waals surface area contributed by atoms with Crippen molar-refractivity contribution in [2.24, 2.45) is 0 Å². The van der Waals surface area contributed by atoms with Gasteiger partial charge >= 0.3 is 0 Å². The highest BCUT2D eigenvalue weighted by molar-refractivity contribution is 5.59. The summed E-state index contributed by atoms with van der Waals surface area (Å²) < 4.78 is 5.46. The molecule has 2 unspecified atom stereocenters. The Morgan fingerprint density at radius 2 is 2.26 bits per heavy atom. The number of hydrogen-bond acceptors (Lipinski definition) is 4. The number of para-hydroxylation sites is 2. The first kappa shape index (κ1) is 13.7. The number of methoxy groups -OCH3 is 1. The van der Waals surface area contributed by atoms with Crippen LogP contribution in [0.25, 0.3) is 0 Å². The maximum absolute atomic E-state index is 8.90. The van der Waals surface area contributed by atoms with E-state index in [2.05, 4.69) is 29.3 Å². The Morgan fingerprint density at radius 3 is 3.00 bits per heavy atom. The molecule has 0 saturated carbocycles. The highest BCUT2D eigenvalue weighted by Crippen LogP contribution is 2.30. The summed E-state index contributed by atoms with van der Waals surface area (Å²) in [5.74, 6) is 0.895. The molecule has 1 N–H and O–H groups in total. The predicted molar refractivity (Wildman–Crippen MR) is 76.4 cm³/mol. The van der Waals surface area contributed by atoms with Crippen molar-refractivity contribution in [3.8, 4) is 11.8 Å². The van der Waals surface area contributed by atoms with Crippen molar-refractivity contribution in [2.75, 3.05) is 25.1 Å². The van der Waals surface area contributed by atoms with Crippen LogP contribution in [0.3, 0.4) is 0 Å². The first-order valence-corrected chi connectivity index (χ1v) is 6.76. The van der Waals surface area contributed by atoms with Crippen molar-refractivity contribution in [1.29, 1.82) is 5.26 Å². The average molecular weight is 259 g/mol. The van der Waals surface area contributed by atoms with Crippen molar-refractivity contribution < 1.29 is 4.74 Å². The minimum Gasteiger partial charge on any atom is -0.495 e. The fraction of sp³-hybridized carbons (Fsp3) is 0.533. The summed E-state index contributed by atoms with van der Waals surface area (Å²) in [6, 6.07) is 11.0. The van der Waals surface area contributed by atoms with Crippen molar-refractivity contribution in [3.63, 3.8) is 0 Å². The number of nitriles is 1. The van der Waals surface area contributed by atoms with Crippen LogP contribution in [0.5, 0.6) is 5.75 Å². The number of anilines is 1. The number of benzene rings is 1. The van der Waals surface area contributed by atoms with E-state index in [1.165, 1.54) is 0 Å². The molecule has 1 aliphatic rings. The van der Waals surface area contributed by atoms with Gasteiger partial charge in [0.15, 0.2) is 0 Å². The molecule has 0 spiro atoms. The van der Waals surface area contributed by atoms with Crippen molar-refractivity contribution in [3.05, 3.63) is 24.3 Å². The summed E-state index contributed by atoms with van der Waals surface area (Å²) in [6.45, 7) is 4.02. The average Bonchev–Trinajstić information content (AvgIpc) is 2.61. The van der Waals surface area contributed by atoms with Crippen LogP contribution in [0.15, 0.2) is 24.3 Å². The van der Waals surface area contributed by atoms with Crippen molar-refractivity contribution in [1.82, 2.24) is 5.32 Å². The molecule has 1 aromatic rings. The van der Waals surface area contributed by atoms with Gasteiger partial charge in [0.25, 0.3) is 0 Å². The van der Waals surface area contributed by atoms with E-state index in [1.807, 2.05) is 18.2 Å². The Hall–Kier alpha value is -1.73. The Labute approximate surface area is 115 Å². The Morgan fingerprint density at radius 1 is 1.47 bits per heavy atom. The molecule has 0 aliphatic carbocycles. The Bertz CT molecular complexity index is 455. The highest BCUT2D eigenvalue weighted by Gasteiger charge is 2.24. The number of rotatable bonds is 3. The van der Waals surface area contributed by atoms with Gasteiger partial charge in [-0.2, -0.15) is 5.26 Å². The fourth-order valence-electron chi connectivity index (χ4n) is 2.58. The lowest BCUT2D eigenvalue weighted by Gasteiger charge is -2.32. The first-order chi connectivity index (χ1) is 9.26. The zero-order valence-corrected chi connectivity index (χ0v) is 11.6. The second-order valence-corrected chi connectivity index (χ2v) is 4.98. The fourth-order valence-corrected chi connectivity index (χ4v) is 2.58. The number of nitrogens with one attached hydrogen (secondary N) is 1. The summed E-state index contributed by atoms with van der Waals surface area (Å²) in [4.78, 5) is 2.35. The van der Waals surface area contributed by atoms with Gasteiger partial charge in [0, 0.05) is 18.6 Å². The molecule has 0 aromatic heterocycles. The Kier molecular flexibility index (Phi) is 4.64. The second-order valence-electron chi connectivity index (χ2n) is 4.98. The molecule has 4 heteroatoms. The third kappa shape index (κ3) is 3.18. The van der Waals surface area contributed by atoms with Gasteiger partial charge in [0.05, 0.1) is 25.3 Å². The molecule has 1 heterocycles. The molecular weight excluding hydrogens is 238 g/mol. The third-order valence-corrected chi connectivity index (χ3v) is 3.68. The maximum atomic E-state index is 8.90. The van der Waals surface area contributed by atoms with Crippen molar-refractivity contribution >= 4 is 5.69 Å². The molecule has 1 aromatic carbocycles. The lowest BCUT2D eigenvalue weighted by molar-refractivity contribution is 0.412. The van der Waals surface area contributed by atoms with Gasteiger partial charge in [-0.25, -0.2) is 0 Å². The van der Waals surface area contributed by atoms with Gasteiger partial charge < -0.3 is 15.0 Å². The maximum Gasteiger partial charge on any atom is 0.142 e. The minimum absolute atomic E-state index is 0.222. The van der Waals surface area contributed by atoms with Gasteiger partial charge in [0.2, 0.25) is 0 Å². The largest absolute Gasteiger partial charge is 0.495 e. The van der Waals surface area contributed by atoms with Crippen LogP contribution in [0.2, 0.25) is 0 Å². The molecule has 1 fully saturated rings. The summed E-state index contributed by atoms with van der Waals surface area (Å²) in [6.07, 6.45) is 1.61. The molecule has 102 valence electrons. The van der Waals surface area contributed by atoms with Crippen LogP contribution >= 0.6 is 0 Å². The summed E-state index contributed by atoms with van der Waals surface area (Å²) in [5, 5.41) is 12.3. The SMILES string of the molecule is COc1ccccc1N1CC(CC#N)NCCC1C. The number of hydrogen-bond donors (Lipinski definition) is 1. The molecule has 2 rings (SSSR count). The zero-order chi connectivity index (χ0) is 13.7. The molecule has 0 bridgehead atoms. The van der Waals surface area contributed by atoms with Crippen LogP contribution in [0.4, 0.5) is 5.69 Å². The lowest BCUT2D eigenvalue weighted by atomic mass is 10.1. The molecule has 19 heavy (non-hydrogen) atoms. The summed E-state index contributed by atoms with van der Waals surface area (Å²) >= 11 is 0. The van der Waals surface area contributed by atoms with Crippen LogP contribution in [-0.4, -0.2) is 32.3 Å².